The minimum absolute atomic E-state index is 0.0243. The molecular weight excluding hydrogens is 140 g/mol. The first-order valence-electron chi connectivity index (χ1n) is 3.91. The van der Waals surface area contributed by atoms with Gasteiger partial charge in [0.25, 0.3) is 0 Å². The first-order chi connectivity index (χ1) is 5.22. The molecule has 0 amide bonds. The summed E-state index contributed by atoms with van der Waals surface area (Å²) in [5, 5.41) is 0. The largest absolute Gasteiger partial charge is 0.469 e. The van der Waals surface area contributed by atoms with Crippen LogP contribution in [0.1, 0.15) is 26.7 Å². The zero-order valence-corrected chi connectivity index (χ0v) is 7.46. The number of hydrogen-bond acceptors (Lipinski definition) is 2. The molecule has 0 aliphatic rings. The lowest BCUT2D eigenvalue weighted by Gasteiger charge is -2.05. The van der Waals surface area contributed by atoms with Crippen molar-refractivity contribution in [1.29, 1.82) is 0 Å². The van der Waals surface area contributed by atoms with Crippen LogP contribution in [0.3, 0.4) is 0 Å². The zero-order valence-electron chi connectivity index (χ0n) is 7.46. The normalized spacial score (nSPS) is 13.4. The van der Waals surface area contributed by atoms with Crippen LogP contribution in [-0.4, -0.2) is 13.1 Å². The maximum absolute atomic E-state index is 10.9. The Morgan fingerprint density at radius 1 is 1.64 bits per heavy atom. The highest BCUT2D eigenvalue weighted by atomic mass is 16.5. The molecule has 2 heteroatoms. The topological polar surface area (TPSA) is 26.3 Å². The zero-order chi connectivity index (χ0) is 8.69. The molecule has 0 aromatic rings. The first-order valence-corrected chi connectivity index (χ1v) is 3.91. The Kier molecular flexibility index (Phi) is 5.53. The quantitative estimate of drug-likeness (QED) is 0.460. The van der Waals surface area contributed by atoms with Gasteiger partial charge < -0.3 is 4.74 Å². The number of hydrogen-bond donors (Lipinski definition) is 0. The lowest BCUT2D eigenvalue weighted by molar-refractivity contribution is -0.144. The molecule has 0 aromatic heterocycles. The second-order valence-corrected chi connectivity index (χ2v) is 2.57. The summed E-state index contributed by atoms with van der Waals surface area (Å²) in [5.41, 5.74) is 0. The van der Waals surface area contributed by atoms with Crippen molar-refractivity contribution in [2.45, 2.75) is 26.7 Å². The molecule has 0 saturated carbocycles. The molecule has 0 rings (SSSR count). The Bertz CT molecular complexity index is 138. The van der Waals surface area contributed by atoms with Crippen molar-refractivity contribution in [3.8, 4) is 0 Å². The van der Waals surface area contributed by atoms with Crippen molar-refractivity contribution in [3.05, 3.63) is 12.2 Å². The van der Waals surface area contributed by atoms with E-state index in [4.69, 9.17) is 0 Å². The SMILES string of the molecule is CC=CCCC(C)C(=O)OC. The molecule has 0 heterocycles. The number of esters is 1. The fraction of sp³-hybridized carbons (Fsp3) is 0.667. The molecule has 2 nitrogen and oxygen atoms in total. The van der Waals surface area contributed by atoms with Crippen LogP contribution in [-0.2, 0) is 9.53 Å². The molecule has 0 radical (unpaired) electrons. The number of rotatable bonds is 4. The third-order valence-corrected chi connectivity index (χ3v) is 1.61. The maximum atomic E-state index is 10.9. The first kappa shape index (κ1) is 10.2. The van der Waals surface area contributed by atoms with Gasteiger partial charge in [0.1, 0.15) is 0 Å². The summed E-state index contributed by atoms with van der Waals surface area (Å²) < 4.78 is 4.58. The molecule has 0 aromatic carbocycles. The van der Waals surface area contributed by atoms with Crippen LogP contribution < -0.4 is 0 Å². The predicted octanol–water partition coefficient (Wildman–Crippen LogP) is 2.15. The van der Waals surface area contributed by atoms with Gasteiger partial charge in [-0.2, -0.15) is 0 Å². The Morgan fingerprint density at radius 2 is 2.27 bits per heavy atom. The minimum Gasteiger partial charge on any atom is -0.469 e. The summed E-state index contributed by atoms with van der Waals surface area (Å²) in [4.78, 5) is 10.9. The molecule has 0 aliphatic heterocycles. The summed E-state index contributed by atoms with van der Waals surface area (Å²) in [7, 11) is 1.43. The highest BCUT2D eigenvalue weighted by molar-refractivity contribution is 5.71. The molecule has 0 fully saturated rings. The van der Waals surface area contributed by atoms with Crippen molar-refractivity contribution in [2.24, 2.45) is 5.92 Å². The second kappa shape index (κ2) is 5.96. The average Bonchev–Trinajstić information content (AvgIpc) is 2.03. The van der Waals surface area contributed by atoms with Gasteiger partial charge in [0.2, 0.25) is 0 Å². The fourth-order valence-electron chi connectivity index (χ4n) is 0.832. The standard InChI is InChI=1S/C9H16O2/c1-4-5-6-7-8(2)9(10)11-3/h4-5,8H,6-7H2,1-3H3. The van der Waals surface area contributed by atoms with E-state index >= 15 is 0 Å². The van der Waals surface area contributed by atoms with Gasteiger partial charge in [-0.25, -0.2) is 0 Å². The molecule has 64 valence electrons. The van der Waals surface area contributed by atoms with Crippen molar-refractivity contribution in [3.63, 3.8) is 0 Å². The van der Waals surface area contributed by atoms with E-state index in [0.717, 1.165) is 12.8 Å². The van der Waals surface area contributed by atoms with E-state index in [2.05, 4.69) is 10.8 Å². The third-order valence-electron chi connectivity index (χ3n) is 1.61. The molecule has 0 bridgehead atoms. The van der Waals surface area contributed by atoms with Gasteiger partial charge in [-0.15, -0.1) is 0 Å². The van der Waals surface area contributed by atoms with E-state index in [1.807, 2.05) is 19.9 Å². The summed E-state index contributed by atoms with van der Waals surface area (Å²) in [6, 6.07) is 0. The fourth-order valence-corrected chi connectivity index (χ4v) is 0.832. The van der Waals surface area contributed by atoms with E-state index in [1.54, 1.807) is 0 Å². The van der Waals surface area contributed by atoms with Gasteiger partial charge in [-0.05, 0) is 19.8 Å². The van der Waals surface area contributed by atoms with Crippen molar-refractivity contribution in [2.75, 3.05) is 7.11 Å². The average molecular weight is 156 g/mol. The number of carbonyl (C=O) groups excluding carboxylic acids is 1. The van der Waals surface area contributed by atoms with Crippen LogP contribution in [0, 0.1) is 5.92 Å². The smallest absolute Gasteiger partial charge is 0.308 e. The molecular formula is C9H16O2. The summed E-state index contributed by atoms with van der Waals surface area (Å²) >= 11 is 0. The number of allylic oxidation sites excluding steroid dienone is 2. The third kappa shape index (κ3) is 4.59. The number of methoxy groups -OCH3 is 1. The lowest BCUT2D eigenvalue weighted by atomic mass is 10.1. The van der Waals surface area contributed by atoms with Crippen LogP contribution in [0.5, 0.6) is 0 Å². The van der Waals surface area contributed by atoms with Gasteiger partial charge in [-0.3, -0.25) is 4.79 Å². The number of ether oxygens (including phenoxy) is 1. The van der Waals surface area contributed by atoms with Crippen molar-refractivity contribution >= 4 is 5.97 Å². The summed E-state index contributed by atoms with van der Waals surface area (Å²) in [5.74, 6) is -0.0919. The molecule has 0 N–H and O–H groups in total. The van der Waals surface area contributed by atoms with Gasteiger partial charge >= 0.3 is 5.97 Å². The minimum atomic E-state index is -0.116. The second-order valence-electron chi connectivity index (χ2n) is 2.57. The Balaban J connectivity index is 3.51. The van der Waals surface area contributed by atoms with E-state index in [-0.39, 0.29) is 11.9 Å². The number of carbonyl (C=O) groups is 1. The molecule has 0 spiro atoms. The molecule has 11 heavy (non-hydrogen) atoms. The monoisotopic (exact) mass is 156 g/mol. The van der Waals surface area contributed by atoms with Crippen molar-refractivity contribution < 1.29 is 9.53 Å². The highest BCUT2D eigenvalue weighted by Crippen LogP contribution is 2.07. The Morgan fingerprint density at radius 3 is 2.73 bits per heavy atom. The van der Waals surface area contributed by atoms with Gasteiger partial charge in [0, 0.05) is 0 Å². The Labute approximate surface area is 68.2 Å². The van der Waals surface area contributed by atoms with Crippen LogP contribution in [0.4, 0.5) is 0 Å². The van der Waals surface area contributed by atoms with Gasteiger partial charge in [-0.1, -0.05) is 19.1 Å². The van der Waals surface area contributed by atoms with Crippen LogP contribution in [0.15, 0.2) is 12.2 Å². The van der Waals surface area contributed by atoms with E-state index in [0.29, 0.717) is 0 Å². The van der Waals surface area contributed by atoms with E-state index in [9.17, 15) is 4.79 Å². The lowest BCUT2D eigenvalue weighted by Crippen LogP contribution is -2.11. The molecule has 0 aliphatic carbocycles. The van der Waals surface area contributed by atoms with Crippen LogP contribution in [0.2, 0.25) is 0 Å². The predicted molar refractivity (Wildman–Crippen MR) is 45.2 cm³/mol. The maximum Gasteiger partial charge on any atom is 0.308 e. The highest BCUT2D eigenvalue weighted by Gasteiger charge is 2.10. The molecule has 1 atom stereocenters. The van der Waals surface area contributed by atoms with Crippen LogP contribution >= 0.6 is 0 Å². The molecule has 1 unspecified atom stereocenters. The van der Waals surface area contributed by atoms with Crippen LogP contribution in [0.25, 0.3) is 0 Å². The Hall–Kier alpha value is -0.790. The van der Waals surface area contributed by atoms with Crippen molar-refractivity contribution in [1.82, 2.24) is 0 Å². The summed E-state index contributed by atoms with van der Waals surface area (Å²) in [6.07, 6.45) is 5.87. The van der Waals surface area contributed by atoms with E-state index in [1.165, 1.54) is 7.11 Å². The molecule has 0 saturated heterocycles. The van der Waals surface area contributed by atoms with Gasteiger partial charge in [0.15, 0.2) is 0 Å². The van der Waals surface area contributed by atoms with E-state index < -0.39 is 0 Å². The summed E-state index contributed by atoms with van der Waals surface area (Å²) in [6.45, 7) is 3.86. The van der Waals surface area contributed by atoms with Gasteiger partial charge in [0.05, 0.1) is 13.0 Å².